The molecule has 3 N–H and O–H groups in total. The van der Waals surface area contributed by atoms with E-state index in [9.17, 15) is 44.1 Å². The number of imide groups is 3. The molecule has 19 nitrogen and oxygen atoms in total. The second-order valence-electron chi connectivity index (χ2n) is 25.6. The highest BCUT2D eigenvalue weighted by molar-refractivity contribution is 6.23. The van der Waals surface area contributed by atoms with E-state index < -0.39 is 93.5 Å². The number of aromatic hydroxyl groups is 1. The van der Waals surface area contributed by atoms with Crippen LogP contribution >= 0.6 is 0 Å². The average molecular weight is 1140 g/mol. The molecule has 3 aromatic rings. The first kappa shape index (κ1) is 56.9. The Morgan fingerprint density at radius 2 is 1.01 bits per heavy atom. The second-order valence-corrected chi connectivity index (χ2v) is 25.6. The highest BCUT2D eigenvalue weighted by Gasteiger charge is 2.70. The minimum absolute atomic E-state index is 0.0234. The van der Waals surface area contributed by atoms with Gasteiger partial charge in [-0.1, -0.05) is 102 Å². The van der Waals surface area contributed by atoms with E-state index in [0.717, 1.165) is 16.0 Å². The molecule has 0 spiro atoms. The number of hydrogen-bond acceptors (Lipinski definition) is 16. The first-order valence-electron chi connectivity index (χ1n) is 29.1. The molecule has 6 fully saturated rings. The minimum atomic E-state index is -1.14. The van der Waals surface area contributed by atoms with Crippen LogP contribution in [0.2, 0.25) is 0 Å². The van der Waals surface area contributed by atoms with Gasteiger partial charge in [0.1, 0.15) is 53.9 Å². The maximum Gasteiger partial charge on any atom is 0.241 e. The molecule has 0 saturated carbocycles. The number of likely N-dealkylation sites (tertiary alicyclic amines) is 2. The lowest BCUT2D eigenvalue weighted by atomic mass is 9.76. The van der Waals surface area contributed by atoms with Crippen LogP contribution in [0.4, 0.5) is 5.69 Å². The van der Waals surface area contributed by atoms with E-state index in [2.05, 4.69) is 20.8 Å². The van der Waals surface area contributed by atoms with Gasteiger partial charge in [0.25, 0.3) is 0 Å². The van der Waals surface area contributed by atoms with Crippen molar-refractivity contribution in [3.63, 3.8) is 0 Å². The number of rotatable bonds is 25. The van der Waals surface area contributed by atoms with Crippen molar-refractivity contribution in [3.8, 4) is 17.2 Å². The first-order chi connectivity index (χ1) is 39.6. The molecule has 19 heteroatoms. The monoisotopic (exact) mass is 1140 g/mol. The lowest BCUT2D eigenvalue weighted by molar-refractivity contribution is -0.148. The zero-order valence-electron chi connectivity index (χ0n) is 47.6. The van der Waals surface area contributed by atoms with Gasteiger partial charge in [-0.25, -0.2) is 4.90 Å². The Labute approximate surface area is 482 Å². The summed E-state index contributed by atoms with van der Waals surface area (Å²) < 4.78 is 42.3. The van der Waals surface area contributed by atoms with Crippen LogP contribution in [0.5, 0.6) is 17.2 Å². The molecular formula is C64H73N3O16. The molecule has 0 aromatic heterocycles. The summed E-state index contributed by atoms with van der Waals surface area (Å²) in [5, 5.41) is 31.4. The van der Waals surface area contributed by atoms with Crippen molar-refractivity contribution in [1.29, 1.82) is 0 Å². The van der Waals surface area contributed by atoms with Gasteiger partial charge >= 0.3 is 0 Å². The number of carbonyl (C=O) groups excluding carboxylic acids is 6. The molecule has 6 amide bonds. The van der Waals surface area contributed by atoms with E-state index >= 15 is 0 Å². The predicted molar refractivity (Wildman–Crippen MR) is 297 cm³/mol. The Kier molecular flexibility index (Phi) is 14.5. The van der Waals surface area contributed by atoms with Crippen molar-refractivity contribution in [2.24, 2.45) is 46.8 Å². The normalized spacial score (nSPS) is 32.7. The summed E-state index contributed by atoms with van der Waals surface area (Å²) in [6.07, 6.45) is 9.45. The Balaban J connectivity index is 0.560. The summed E-state index contributed by atoms with van der Waals surface area (Å²) >= 11 is 0. The van der Waals surface area contributed by atoms with Gasteiger partial charge < -0.3 is 48.5 Å². The van der Waals surface area contributed by atoms with E-state index in [-0.39, 0.29) is 100 Å². The van der Waals surface area contributed by atoms with E-state index in [4.69, 9.17) is 33.2 Å². The number of anilines is 1. The fraction of sp³-hybridized carbons (Fsp3) is 0.531. The maximum absolute atomic E-state index is 14.0. The standard InChI is InChI=1S/C64H73N3O16/c1-7-62-24-20-45(81-62)48-51(62)58(75)66(55(48)72)33-60(3,4)28-36(2)23-27-65-54(71)49-46-21-25-63(82-46,52(49)57(65)74)34-77-29-41(69)31-79-43-16-8-37(9-17-43)61(5,6)38-10-18-44(19-11-38)80-32-42(70)30-78-35-64-26-22-47(83-64)50-53(64)59(76)67(56(50)73)39-12-14-40(68)15-13-39/h8-22,24-26,36,41-42,45-53,68-70H,7,23,27-35H2,1-6H3. The number of aliphatic hydroxyl groups is 2. The quantitative estimate of drug-likeness (QED) is 0.0729. The molecule has 15 unspecified atom stereocenters. The van der Waals surface area contributed by atoms with Gasteiger partial charge in [0.15, 0.2) is 0 Å². The van der Waals surface area contributed by atoms with Gasteiger partial charge in [0.05, 0.1) is 91.5 Å². The Hall–Kier alpha value is -6.58. The summed E-state index contributed by atoms with van der Waals surface area (Å²) in [6, 6.07) is 21.1. The van der Waals surface area contributed by atoms with Gasteiger partial charge in [-0.05, 0) is 90.3 Å². The number of nitrogens with zero attached hydrogens (tertiary/aromatic N) is 3. The van der Waals surface area contributed by atoms with Crippen molar-refractivity contribution >= 4 is 41.1 Å². The molecule has 6 bridgehead atoms. The molecular weight excluding hydrogens is 1070 g/mol. The van der Waals surface area contributed by atoms with Gasteiger partial charge in [-0.3, -0.25) is 38.6 Å². The third kappa shape index (κ3) is 9.73. The predicted octanol–water partition coefficient (Wildman–Crippen LogP) is 5.21. The molecule has 0 radical (unpaired) electrons. The molecule has 83 heavy (non-hydrogen) atoms. The summed E-state index contributed by atoms with van der Waals surface area (Å²) in [4.78, 5) is 86.1. The lowest BCUT2D eigenvalue weighted by Crippen LogP contribution is -2.45. The van der Waals surface area contributed by atoms with Crippen LogP contribution < -0.4 is 14.4 Å². The summed E-state index contributed by atoms with van der Waals surface area (Å²) in [5.74, 6) is -4.25. The molecule has 12 rings (SSSR count). The van der Waals surface area contributed by atoms with Crippen LogP contribution in [0, 0.1) is 46.8 Å². The Bertz CT molecular complexity index is 3160. The number of benzene rings is 3. The highest BCUT2D eigenvalue weighted by atomic mass is 16.6. The van der Waals surface area contributed by atoms with Crippen LogP contribution in [-0.2, 0) is 57.9 Å². The molecule has 9 aliphatic heterocycles. The topological polar surface area (TPSA) is 237 Å². The number of phenolic OH excluding ortho intramolecular Hbond substituents is 1. The second kappa shape index (κ2) is 21.2. The molecule has 15 atom stereocenters. The number of carbonyl (C=O) groups is 6. The third-order valence-electron chi connectivity index (χ3n) is 19.0. The molecule has 0 aliphatic carbocycles. The van der Waals surface area contributed by atoms with Gasteiger partial charge in [0, 0.05) is 18.5 Å². The molecule has 9 aliphatic rings. The maximum atomic E-state index is 14.0. The van der Waals surface area contributed by atoms with Crippen LogP contribution in [0.15, 0.2) is 109 Å². The fourth-order valence-corrected chi connectivity index (χ4v) is 14.8. The largest absolute Gasteiger partial charge is 0.508 e. The number of aliphatic hydroxyl groups excluding tert-OH is 2. The number of phenols is 1. The number of ether oxygens (including phenoxy) is 7. The van der Waals surface area contributed by atoms with E-state index in [1.807, 2.05) is 93.6 Å². The number of fused-ring (bicyclic) bond motifs is 15. The zero-order valence-corrected chi connectivity index (χ0v) is 47.6. The lowest BCUT2D eigenvalue weighted by Gasteiger charge is -2.33. The van der Waals surface area contributed by atoms with E-state index in [1.54, 1.807) is 12.2 Å². The van der Waals surface area contributed by atoms with Gasteiger partial charge in [-0.15, -0.1) is 0 Å². The van der Waals surface area contributed by atoms with Crippen LogP contribution in [-0.4, -0.2) is 161 Å². The smallest absolute Gasteiger partial charge is 0.241 e. The molecule has 9 heterocycles. The average Bonchev–Trinajstić information content (AvgIpc) is 1.78. The fourth-order valence-electron chi connectivity index (χ4n) is 14.8. The Morgan fingerprint density at radius 3 is 1.53 bits per heavy atom. The van der Waals surface area contributed by atoms with Crippen molar-refractivity contribution in [1.82, 2.24) is 9.80 Å². The molecule has 6 saturated heterocycles. The van der Waals surface area contributed by atoms with Gasteiger partial charge in [-0.2, -0.15) is 0 Å². The van der Waals surface area contributed by atoms with Crippen molar-refractivity contribution < 1.29 is 77.2 Å². The van der Waals surface area contributed by atoms with Crippen LogP contribution in [0.3, 0.4) is 0 Å². The first-order valence-corrected chi connectivity index (χ1v) is 29.1. The number of amides is 6. The third-order valence-corrected chi connectivity index (χ3v) is 19.0. The number of hydrogen-bond donors (Lipinski definition) is 3. The van der Waals surface area contributed by atoms with Crippen molar-refractivity contribution in [3.05, 3.63) is 120 Å². The SMILES string of the molecule is CCC12C=CC(O1)C1C(=O)N(CC(C)(C)CC(C)CCN3C(=O)C4C5C=CC(COCC(O)COc6ccc(C(C)(C)c7ccc(OCC(O)COCC89C=CC(O8)C8C(=O)N(c%10ccc(O)cc%10)C(=O)C89)cc7)cc6)(O5)C4C3=O)C(=O)C12. The summed E-state index contributed by atoms with van der Waals surface area (Å²) in [6.45, 7) is 12.5. The molecule has 440 valence electrons. The van der Waals surface area contributed by atoms with Crippen molar-refractivity contribution in [2.75, 3.05) is 57.6 Å². The van der Waals surface area contributed by atoms with Crippen LogP contribution in [0.25, 0.3) is 0 Å². The van der Waals surface area contributed by atoms with Crippen molar-refractivity contribution in [2.45, 2.75) is 114 Å². The van der Waals surface area contributed by atoms with E-state index in [0.29, 0.717) is 36.4 Å². The van der Waals surface area contributed by atoms with Crippen LogP contribution in [0.1, 0.15) is 71.9 Å². The zero-order chi connectivity index (χ0) is 58.5. The molecule has 3 aromatic carbocycles. The van der Waals surface area contributed by atoms with Gasteiger partial charge in [0.2, 0.25) is 35.4 Å². The minimum Gasteiger partial charge on any atom is -0.508 e. The highest BCUT2D eigenvalue weighted by Crippen LogP contribution is 2.56. The summed E-state index contributed by atoms with van der Waals surface area (Å²) in [5.41, 5.74) is -1.41. The summed E-state index contributed by atoms with van der Waals surface area (Å²) in [7, 11) is 0. The van der Waals surface area contributed by atoms with E-state index in [1.165, 1.54) is 34.1 Å². The Morgan fingerprint density at radius 1 is 0.566 bits per heavy atom.